The van der Waals surface area contributed by atoms with Gasteiger partial charge in [0, 0.05) is 0 Å². The van der Waals surface area contributed by atoms with E-state index in [-0.39, 0.29) is 23.4 Å². The first kappa shape index (κ1) is 20.2. The maximum absolute atomic E-state index is 14.4. The number of esters is 1. The predicted octanol–water partition coefficient (Wildman–Crippen LogP) is 5.11. The van der Waals surface area contributed by atoms with Crippen molar-refractivity contribution in [1.29, 1.82) is 0 Å². The van der Waals surface area contributed by atoms with Crippen LogP contribution in [0.4, 0.5) is 4.39 Å². The number of hydrogen-bond donors (Lipinski definition) is 0. The molecule has 3 rings (SSSR count). The van der Waals surface area contributed by atoms with E-state index in [1.165, 1.54) is 5.56 Å². The minimum Gasteiger partial charge on any atom is -0.494 e. The lowest BCUT2D eigenvalue weighted by molar-refractivity contribution is -0.140. The highest BCUT2D eigenvalue weighted by Crippen LogP contribution is 2.36. The zero-order valence-electron chi connectivity index (χ0n) is 16.5. The number of rotatable bonds is 9. The van der Waals surface area contributed by atoms with Crippen molar-refractivity contribution < 1.29 is 23.4 Å². The third kappa shape index (κ3) is 4.83. The summed E-state index contributed by atoms with van der Waals surface area (Å²) in [5.41, 5.74) is 2.01. The summed E-state index contributed by atoms with van der Waals surface area (Å²) in [7, 11) is 0. The Balaban J connectivity index is 1.50. The molecule has 0 fully saturated rings. The van der Waals surface area contributed by atoms with Crippen LogP contribution < -0.4 is 14.2 Å². The summed E-state index contributed by atoms with van der Waals surface area (Å²) < 4.78 is 30.7. The molecule has 0 N–H and O–H groups in total. The highest BCUT2D eigenvalue weighted by atomic mass is 19.1. The molecule has 1 heterocycles. The first-order valence-corrected chi connectivity index (χ1v) is 10.00. The summed E-state index contributed by atoms with van der Waals surface area (Å²) in [6.45, 7) is 4.82. The van der Waals surface area contributed by atoms with Crippen molar-refractivity contribution in [3.05, 3.63) is 53.3 Å². The van der Waals surface area contributed by atoms with Gasteiger partial charge in [-0.15, -0.1) is 0 Å². The fourth-order valence-electron chi connectivity index (χ4n) is 3.43. The van der Waals surface area contributed by atoms with Crippen molar-refractivity contribution in [2.45, 2.75) is 46.0 Å². The molecular weight excluding hydrogens is 359 g/mol. The Morgan fingerprint density at radius 2 is 1.89 bits per heavy atom. The maximum Gasteiger partial charge on any atom is 0.314 e. The standard InChI is InChI=1S/C23H27FO4/c1-3-6-16-8-11-19(12-9-16)27-14-5-7-18-15-17-10-13-20(26-4-2)21(24)22(17)28-23(18)25/h8-13,18H,3-7,14-15H2,1-2H3. The topological polar surface area (TPSA) is 44.8 Å². The van der Waals surface area contributed by atoms with E-state index in [9.17, 15) is 9.18 Å². The molecule has 0 amide bonds. The minimum atomic E-state index is -0.596. The Bertz CT molecular complexity index is 801. The molecule has 2 aromatic carbocycles. The smallest absolute Gasteiger partial charge is 0.314 e. The van der Waals surface area contributed by atoms with E-state index < -0.39 is 5.82 Å². The molecule has 0 radical (unpaired) electrons. The van der Waals surface area contributed by atoms with Gasteiger partial charge < -0.3 is 14.2 Å². The molecule has 0 saturated carbocycles. The molecule has 2 aromatic rings. The molecule has 28 heavy (non-hydrogen) atoms. The average Bonchev–Trinajstić information content (AvgIpc) is 2.70. The molecule has 150 valence electrons. The largest absolute Gasteiger partial charge is 0.494 e. The van der Waals surface area contributed by atoms with Gasteiger partial charge in [0.05, 0.1) is 19.1 Å². The predicted molar refractivity (Wildman–Crippen MR) is 106 cm³/mol. The molecule has 0 spiro atoms. The normalized spacial score (nSPS) is 15.7. The lowest BCUT2D eigenvalue weighted by Crippen LogP contribution is -2.28. The second-order valence-corrected chi connectivity index (χ2v) is 7.01. The van der Waals surface area contributed by atoms with Gasteiger partial charge >= 0.3 is 5.97 Å². The van der Waals surface area contributed by atoms with E-state index in [1.54, 1.807) is 19.1 Å². The Kier molecular flexibility index (Phi) is 6.90. The second kappa shape index (κ2) is 9.58. The van der Waals surface area contributed by atoms with Gasteiger partial charge in [0.15, 0.2) is 11.5 Å². The van der Waals surface area contributed by atoms with Crippen molar-refractivity contribution in [2.24, 2.45) is 5.92 Å². The zero-order valence-corrected chi connectivity index (χ0v) is 16.5. The van der Waals surface area contributed by atoms with Crippen molar-refractivity contribution in [3.8, 4) is 17.2 Å². The number of carbonyl (C=O) groups excluding carboxylic acids is 1. The summed E-state index contributed by atoms with van der Waals surface area (Å²) in [6, 6.07) is 11.5. The average molecular weight is 386 g/mol. The Hall–Kier alpha value is -2.56. The third-order valence-corrected chi connectivity index (χ3v) is 4.87. The SMILES string of the molecule is CCCc1ccc(OCCCC2Cc3ccc(OCC)c(F)c3OC2=O)cc1. The molecule has 1 aliphatic heterocycles. The van der Waals surface area contributed by atoms with Gasteiger partial charge in [-0.3, -0.25) is 4.79 Å². The molecule has 0 aromatic heterocycles. The number of ether oxygens (including phenoxy) is 3. The number of halogens is 1. The van der Waals surface area contributed by atoms with E-state index in [0.29, 0.717) is 31.6 Å². The van der Waals surface area contributed by atoms with E-state index in [4.69, 9.17) is 14.2 Å². The number of carbonyl (C=O) groups is 1. The number of fused-ring (bicyclic) bond motifs is 1. The maximum atomic E-state index is 14.4. The Morgan fingerprint density at radius 1 is 1.11 bits per heavy atom. The Morgan fingerprint density at radius 3 is 2.61 bits per heavy atom. The molecular formula is C23H27FO4. The fraction of sp³-hybridized carbons (Fsp3) is 0.435. The minimum absolute atomic E-state index is 0.00983. The molecule has 0 saturated heterocycles. The highest BCUT2D eigenvalue weighted by Gasteiger charge is 2.31. The van der Waals surface area contributed by atoms with Crippen LogP contribution in [0.3, 0.4) is 0 Å². The van der Waals surface area contributed by atoms with Crippen LogP contribution in [0.5, 0.6) is 17.2 Å². The lowest BCUT2D eigenvalue weighted by atomic mass is 9.92. The highest BCUT2D eigenvalue weighted by molar-refractivity contribution is 5.78. The molecule has 0 aliphatic carbocycles. The zero-order chi connectivity index (χ0) is 19.9. The van der Waals surface area contributed by atoms with Crippen LogP contribution in [-0.4, -0.2) is 19.2 Å². The number of aryl methyl sites for hydroxylation is 1. The molecule has 0 bridgehead atoms. The molecule has 1 aliphatic rings. The number of benzene rings is 2. The van der Waals surface area contributed by atoms with Crippen LogP contribution in [0, 0.1) is 11.7 Å². The summed E-state index contributed by atoms with van der Waals surface area (Å²) in [4.78, 5) is 12.3. The van der Waals surface area contributed by atoms with Crippen molar-refractivity contribution >= 4 is 5.97 Å². The van der Waals surface area contributed by atoms with Gasteiger partial charge in [-0.1, -0.05) is 31.5 Å². The monoisotopic (exact) mass is 386 g/mol. The van der Waals surface area contributed by atoms with Crippen LogP contribution in [0.2, 0.25) is 0 Å². The fourth-order valence-corrected chi connectivity index (χ4v) is 3.43. The molecule has 5 heteroatoms. The van der Waals surface area contributed by atoms with Gasteiger partial charge in [0.2, 0.25) is 5.82 Å². The van der Waals surface area contributed by atoms with Crippen molar-refractivity contribution in [1.82, 2.24) is 0 Å². The first-order valence-electron chi connectivity index (χ1n) is 10.00. The summed E-state index contributed by atoms with van der Waals surface area (Å²) in [5.74, 6) is -0.297. The van der Waals surface area contributed by atoms with Crippen molar-refractivity contribution in [3.63, 3.8) is 0 Å². The summed E-state index contributed by atoms with van der Waals surface area (Å²) >= 11 is 0. The van der Waals surface area contributed by atoms with Gasteiger partial charge in [-0.05, 0) is 61.9 Å². The molecule has 1 unspecified atom stereocenters. The summed E-state index contributed by atoms with van der Waals surface area (Å²) in [6.07, 6.45) is 4.03. The van der Waals surface area contributed by atoms with E-state index >= 15 is 0 Å². The third-order valence-electron chi connectivity index (χ3n) is 4.87. The van der Waals surface area contributed by atoms with Crippen LogP contribution in [0.1, 0.15) is 44.2 Å². The Labute approximate surface area is 165 Å². The summed E-state index contributed by atoms with van der Waals surface area (Å²) in [5, 5.41) is 0. The van der Waals surface area contributed by atoms with Crippen molar-refractivity contribution in [2.75, 3.05) is 13.2 Å². The van der Waals surface area contributed by atoms with Crippen LogP contribution in [-0.2, 0) is 17.6 Å². The molecule has 1 atom stereocenters. The van der Waals surface area contributed by atoms with Crippen LogP contribution in [0.15, 0.2) is 36.4 Å². The molecule has 4 nitrogen and oxygen atoms in total. The second-order valence-electron chi connectivity index (χ2n) is 7.01. The van der Waals surface area contributed by atoms with Gasteiger partial charge in [0.1, 0.15) is 5.75 Å². The first-order chi connectivity index (χ1) is 13.6. The lowest BCUT2D eigenvalue weighted by Gasteiger charge is -2.24. The van der Waals surface area contributed by atoms with Gasteiger partial charge in [-0.2, -0.15) is 4.39 Å². The van der Waals surface area contributed by atoms with Gasteiger partial charge in [0.25, 0.3) is 0 Å². The van der Waals surface area contributed by atoms with E-state index in [0.717, 1.165) is 25.0 Å². The number of hydrogen-bond acceptors (Lipinski definition) is 4. The van der Waals surface area contributed by atoms with Crippen LogP contribution >= 0.6 is 0 Å². The van der Waals surface area contributed by atoms with Crippen LogP contribution in [0.25, 0.3) is 0 Å². The van der Waals surface area contributed by atoms with E-state index in [1.807, 2.05) is 12.1 Å². The van der Waals surface area contributed by atoms with E-state index in [2.05, 4.69) is 19.1 Å². The van der Waals surface area contributed by atoms with Gasteiger partial charge in [-0.25, -0.2) is 0 Å². The quantitative estimate of drug-likeness (QED) is 0.341.